The molecule has 0 bridgehead atoms. The Hall–Kier alpha value is 0.313. The normalized spacial score (nSPS) is 8.05. The van der Waals surface area contributed by atoms with Crippen molar-refractivity contribution in [2.75, 3.05) is 25.1 Å². The summed E-state index contributed by atoms with van der Waals surface area (Å²) in [5.74, 6) is 0.975. The summed E-state index contributed by atoms with van der Waals surface area (Å²) in [7, 11) is 1.73. The molecule has 0 saturated heterocycles. The molecule has 0 saturated carbocycles. The zero-order valence-corrected chi connectivity index (χ0v) is 17.6. The zero-order valence-electron chi connectivity index (χ0n) is 12.3. The summed E-state index contributed by atoms with van der Waals surface area (Å²) in [6, 6.07) is 4.16. The SMILES string of the molecule is CCN(CC)c1c(C)ccc(OC)c1C.Cl.[Cl-].[Cl-].[Zn+2]. The molecule has 0 aromatic heterocycles. The summed E-state index contributed by atoms with van der Waals surface area (Å²) in [5.41, 5.74) is 3.87. The van der Waals surface area contributed by atoms with E-state index in [1.807, 2.05) is 6.07 Å². The molecule has 0 fully saturated rings. The van der Waals surface area contributed by atoms with E-state index < -0.39 is 0 Å². The van der Waals surface area contributed by atoms with Crippen molar-refractivity contribution in [2.45, 2.75) is 27.7 Å². The van der Waals surface area contributed by atoms with E-state index in [2.05, 4.69) is 38.7 Å². The van der Waals surface area contributed by atoms with E-state index in [0.29, 0.717) is 0 Å². The number of benzene rings is 1. The minimum Gasteiger partial charge on any atom is -1.00 e. The Morgan fingerprint density at radius 3 is 1.89 bits per heavy atom. The predicted octanol–water partition coefficient (Wildman–Crippen LogP) is -2.41. The number of hydrogen-bond acceptors (Lipinski definition) is 2. The maximum atomic E-state index is 5.35. The summed E-state index contributed by atoms with van der Waals surface area (Å²) in [4.78, 5) is 2.37. The Kier molecular flexibility index (Phi) is 19.3. The Bertz CT molecular complexity index is 347. The van der Waals surface area contributed by atoms with Crippen molar-refractivity contribution in [1.82, 2.24) is 0 Å². The van der Waals surface area contributed by atoms with Gasteiger partial charge in [0.1, 0.15) is 5.75 Å². The number of nitrogens with zero attached hydrogens (tertiary/aromatic N) is 1. The van der Waals surface area contributed by atoms with Crippen molar-refractivity contribution in [2.24, 2.45) is 0 Å². The maximum Gasteiger partial charge on any atom is 2.00 e. The van der Waals surface area contributed by atoms with E-state index in [1.54, 1.807) is 7.11 Å². The van der Waals surface area contributed by atoms with Gasteiger partial charge in [-0.25, -0.2) is 0 Å². The molecule has 1 aromatic carbocycles. The molecule has 19 heavy (non-hydrogen) atoms. The Morgan fingerprint density at radius 1 is 1.05 bits per heavy atom. The molecule has 0 amide bonds. The number of hydrogen-bond donors (Lipinski definition) is 0. The third-order valence-electron chi connectivity index (χ3n) is 2.88. The van der Waals surface area contributed by atoms with Gasteiger partial charge in [0.15, 0.2) is 0 Å². The molecule has 0 unspecified atom stereocenters. The summed E-state index contributed by atoms with van der Waals surface area (Å²) >= 11 is 0. The topological polar surface area (TPSA) is 12.5 Å². The van der Waals surface area contributed by atoms with E-state index in [9.17, 15) is 0 Å². The smallest absolute Gasteiger partial charge is 1.00 e. The van der Waals surface area contributed by atoms with Crippen LogP contribution in [0.4, 0.5) is 5.69 Å². The van der Waals surface area contributed by atoms with Crippen LogP contribution in [0.25, 0.3) is 0 Å². The van der Waals surface area contributed by atoms with Crippen LogP contribution in [-0.4, -0.2) is 20.2 Å². The van der Waals surface area contributed by atoms with Crippen LogP contribution >= 0.6 is 12.4 Å². The summed E-state index contributed by atoms with van der Waals surface area (Å²) in [5, 5.41) is 0. The molecule has 108 valence electrons. The number of rotatable bonds is 4. The second-order valence-corrected chi connectivity index (χ2v) is 3.73. The third kappa shape index (κ3) is 6.53. The van der Waals surface area contributed by atoms with Gasteiger partial charge in [-0.2, -0.15) is 0 Å². The van der Waals surface area contributed by atoms with Crippen molar-refractivity contribution in [3.05, 3.63) is 23.3 Å². The molecule has 0 aliphatic rings. The monoisotopic (exact) mass is 377 g/mol. The molecular weight excluding hydrogens is 358 g/mol. The van der Waals surface area contributed by atoms with Crippen LogP contribution in [0.1, 0.15) is 25.0 Å². The van der Waals surface area contributed by atoms with Gasteiger partial charge in [-0.3, -0.25) is 0 Å². The molecular formula is C13H22Cl3NOZn. The standard InChI is InChI=1S/C13H21NO.3ClH.Zn/c1-6-14(7-2)13-10(3)8-9-12(15-5)11(13)4;;;;/h8-9H,6-7H2,1-5H3;3*1H;/q;;;;+2/p-2. The average molecular weight is 380 g/mol. The van der Waals surface area contributed by atoms with E-state index in [-0.39, 0.29) is 56.7 Å². The first-order valence-corrected chi connectivity index (χ1v) is 5.54. The second kappa shape index (κ2) is 13.3. The first-order chi connectivity index (χ1) is 7.15. The van der Waals surface area contributed by atoms with Crippen molar-refractivity contribution in [3.63, 3.8) is 0 Å². The number of methoxy groups -OCH3 is 1. The Labute approximate surface area is 148 Å². The fourth-order valence-corrected chi connectivity index (χ4v) is 2.06. The fraction of sp³-hybridized carbons (Fsp3) is 0.538. The van der Waals surface area contributed by atoms with Crippen LogP contribution in [0.5, 0.6) is 5.75 Å². The van der Waals surface area contributed by atoms with E-state index in [1.165, 1.54) is 16.8 Å². The van der Waals surface area contributed by atoms with Crippen molar-refractivity contribution >= 4 is 18.1 Å². The van der Waals surface area contributed by atoms with Crippen LogP contribution in [0.15, 0.2) is 12.1 Å². The van der Waals surface area contributed by atoms with Gasteiger partial charge in [0.25, 0.3) is 0 Å². The molecule has 1 rings (SSSR count). The first kappa shape index (κ1) is 27.6. The van der Waals surface area contributed by atoms with Gasteiger partial charge in [-0.15, -0.1) is 12.4 Å². The van der Waals surface area contributed by atoms with Gasteiger partial charge in [0, 0.05) is 24.3 Å². The molecule has 0 heterocycles. The second-order valence-electron chi connectivity index (χ2n) is 3.73. The summed E-state index contributed by atoms with van der Waals surface area (Å²) in [6.07, 6.45) is 0. The minimum atomic E-state index is 0. The van der Waals surface area contributed by atoms with Crippen LogP contribution in [0, 0.1) is 13.8 Å². The van der Waals surface area contributed by atoms with E-state index in [0.717, 1.165) is 18.8 Å². The van der Waals surface area contributed by atoms with E-state index in [4.69, 9.17) is 4.74 Å². The number of anilines is 1. The van der Waals surface area contributed by atoms with E-state index >= 15 is 0 Å². The molecule has 0 radical (unpaired) electrons. The maximum absolute atomic E-state index is 5.35. The van der Waals surface area contributed by atoms with Crippen LogP contribution in [0.2, 0.25) is 0 Å². The minimum absolute atomic E-state index is 0. The summed E-state index contributed by atoms with van der Waals surface area (Å²) < 4.78 is 5.35. The first-order valence-electron chi connectivity index (χ1n) is 5.54. The molecule has 0 spiro atoms. The number of halogens is 3. The summed E-state index contributed by atoms with van der Waals surface area (Å²) in [6.45, 7) is 10.7. The molecule has 0 aliphatic heterocycles. The van der Waals surface area contributed by atoms with Crippen LogP contribution in [0.3, 0.4) is 0 Å². The Morgan fingerprint density at radius 2 is 1.53 bits per heavy atom. The molecule has 0 atom stereocenters. The fourth-order valence-electron chi connectivity index (χ4n) is 2.06. The van der Waals surface area contributed by atoms with Gasteiger partial charge < -0.3 is 34.5 Å². The number of aryl methyl sites for hydroxylation is 1. The van der Waals surface area contributed by atoms with Crippen LogP contribution in [-0.2, 0) is 19.5 Å². The zero-order chi connectivity index (χ0) is 11.4. The third-order valence-corrected chi connectivity index (χ3v) is 2.88. The van der Waals surface area contributed by atoms with Gasteiger partial charge in [-0.1, -0.05) is 6.07 Å². The van der Waals surface area contributed by atoms with Crippen LogP contribution < -0.4 is 34.5 Å². The van der Waals surface area contributed by atoms with Gasteiger partial charge >= 0.3 is 19.5 Å². The molecule has 0 N–H and O–H groups in total. The van der Waals surface area contributed by atoms with Gasteiger partial charge in [0.05, 0.1) is 7.11 Å². The number of ether oxygens (including phenoxy) is 1. The van der Waals surface area contributed by atoms with Gasteiger partial charge in [0.2, 0.25) is 0 Å². The van der Waals surface area contributed by atoms with Gasteiger partial charge in [-0.05, 0) is 39.3 Å². The van der Waals surface area contributed by atoms with Crippen molar-refractivity contribution < 1.29 is 49.0 Å². The molecule has 1 aromatic rings. The quantitative estimate of drug-likeness (QED) is 0.540. The Balaban J connectivity index is -0.000000281. The average Bonchev–Trinajstić information content (AvgIpc) is 2.24. The predicted molar refractivity (Wildman–Crippen MR) is 73.3 cm³/mol. The van der Waals surface area contributed by atoms with Crippen molar-refractivity contribution in [3.8, 4) is 5.75 Å². The molecule has 2 nitrogen and oxygen atoms in total. The molecule has 0 aliphatic carbocycles. The largest absolute Gasteiger partial charge is 2.00 e. The molecule has 6 heteroatoms. The van der Waals surface area contributed by atoms with Crippen molar-refractivity contribution in [1.29, 1.82) is 0 Å².